The standard InChI is InChI=1S/C26H30N6OS/c1-17-5-8-20(14-18(17)2)22-15-23-25-27-28-26(31(25)12-13-32(23)29-22)34-16-19-6-9-21(10-7-19)30-11-3-4-24(30)33/h5-10,12-14,22-23,25,27,29H,3-4,11,15-16H2,1-2H3. The van der Waals surface area contributed by atoms with E-state index in [0.717, 1.165) is 36.0 Å². The number of rotatable bonds is 4. The molecule has 7 nitrogen and oxygen atoms in total. The molecule has 4 aliphatic rings. The molecule has 1 amide bonds. The number of aryl methyl sites for hydroxylation is 2. The fraction of sp³-hybridized carbons (Fsp3) is 0.385. The molecule has 4 aliphatic heterocycles. The highest BCUT2D eigenvalue weighted by molar-refractivity contribution is 8.13. The van der Waals surface area contributed by atoms with Crippen molar-refractivity contribution in [2.45, 2.75) is 57.1 Å². The molecule has 3 unspecified atom stereocenters. The van der Waals surface area contributed by atoms with Crippen molar-refractivity contribution in [2.75, 3.05) is 11.4 Å². The van der Waals surface area contributed by atoms with Crippen LogP contribution in [0.15, 0.2) is 60.0 Å². The summed E-state index contributed by atoms with van der Waals surface area (Å²) < 4.78 is 0. The molecule has 0 spiro atoms. The van der Waals surface area contributed by atoms with Crippen molar-refractivity contribution in [3.63, 3.8) is 0 Å². The predicted octanol–water partition coefficient (Wildman–Crippen LogP) is 3.97. The van der Waals surface area contributed by atoms with E-state index in [-0.39, 0.29) is 12.1 Å². The smallest absolute Gasteiger partial charge is 0.227 e. The number of fused-ring (bicyclic) bond motifs is 3. The maximum absolute atomic E-state index is 12.0. The van der Waals surface area contributed by atoms with Crippen LogP contribution >= 0.6 is 11.8 Å². The van der Waals surface area contributed by atoms with Gasteiger partial charge in [-0.25, -0.2) is 5.43 Å². The van der Waals surface area contributed by atoms with E-state index in [1.807, 2.05) is 4.90 Å². The van der Waals surface area contributed by atoms with Crippen molar-refractivity contribution in [3.8, 4) is 0 Å². The molecule has 0 aliphatic carbocycles. The number of carbonyl (C=O) groups excluding carboxylic acids is 1. The van der Waals surface area contributed by atoms with Crippen molar-refractivity contribution < 1.29 is 4.79 Å². The topological polar surface area (TPSA) is 63.2 Å². The van der Waals surface area contributed by atoms with Gasteiger partial charge in [-0.15, -0.1) is 0 Å². The van der Waals surface area contributed by atoms with Gasteiger partial charge in [0.25, 0.3) is 0 Å². The summed E-state index contributed by atoms with van der Waals surface area (Å²) in [6.45, 7) is 5.17. The zero-order chi connectivity index (χ0) is 23.2. The van der Waals surface area contributed by atoms with Crippen LogP contribution in [-0.2, 0) is 10.5 Å². The second-order valence-corrected chi connectivity index (χ2v) is 10.5. The number of hydrogen-bond acceptors (Lipinski definition) is 7. The van der Waals surface area contributed by atoms with Gasteiger partial charge in [-0.1, -0.05) is 42.1 Å². The van der Waals surface area contributed by atoms with Crippen LogP contribution in [0.5, 0.6) is 0 Å². The Balaban J connectivity index is 1.08. The SMILES string of the molecule is Cc1ccc(C2CC3C4NN=C(SCc5ccc(N6CCCC6=O)cc5)N4C=CN3N2)cc1C. The fourth-order valence-electron chi connectivity index (χ4n) is 5.19. The van der Waals surface area contributed by atoms with Crippen LogP contribution in [0.1, 0.15) is 47.6 Å². The first-order chi connectivity index (χ1) is 16.6. The molecule has 8 heteroatoms. The van der Waals surface area contributed by atoms with Crippen LogP contribution in [-0.4, -0.2) is 39.7 Å². The summed E-state index contributed by atoms with van der Waals surface area (Å²) in [4.78, 5) is 16.1. The number of hydrazone groups is 1. The van der Waals surface area contributed by atoms with Gasteiger partial charge in [0.2, 0.25) is 5.91 Å². The Kier molecular flexibility index (Phi) is 5.50. The summed E-state index contributed by atoms with van der Waals surface area (Å²) in [5.74, 6) is 1.07. The number of hydrogen-bond donors (Lipinski definition) is 2. The molecule has 0 radical (unpaired) electrons. The minimum Gasteiger partial charge on any atom is -0.312 e. The van der Waals surface area contributed by atoms with Crippen LogP contribution in [0.25, 0.3) is 0 Å². The van der Waals surface area contributed by atoms with Crippen molar-refractivity contribution in [1.82, 2.24) is 20.8 Å². The molecule has 2 aromatic rings. The second-order valence-electron chi connectivity index (χ2n) is 9.51. The molecule has 2 saturated heterocycles. The number of amides is 1. The number of amidine groups is 1. The normalized spacial score (nSPS) is 25.5. The maximum atomic E-state index is 12.0. The van der Waals surface area contributed by atoms with Crippen LogP contribution in [0.3, 0.4) is 0 Å². The van der Waals surface area contributed by atoms with Gasteiger partial charge in [-0.05, 0) is 61.1 Å². The summed E-state index contributed by atoms with van der Waals surface area (Å²) in [6, 6.07) is 15.7. The summed E-state index contributed by atoms with van der Waals surface area (Å²) in [5.41, 5.74) is 13.3. The van der Waals surface area contributed by atoms with E-state index in [9.17, 15) is 4.79 Å². The van der Waals surface area contributed by atoms with Crippen LogP contribution in [0, 0.1) is 13.8 Å². The molecule has 2 aromatic carbocycles. The average Bonchev–Trinajstić information content (AvgIpc) is 3.57. The molecule has 4 heterocycles. The van der Waals surface area contributed by atoms with Crippen LogP contribution < -0.4 is 15.8 Å². The minimum absolute atomic E-state index is 0.125. The largest absolute Gasteiger partial charge is 0.312 e. The Labute approximate surface area is 204 Å². The molecule has 0 saturated carbocycles. The van der Waals surface area contributed by atoms with Crippen LogP contribution in [0.4, 0.5) is 5.69 Å². The van der Waals surface area contributed by atoms with Gasteiger partial charge in [0.15, 0.2) is 5.17 Å². The van der Waals surface area contributed by atoms with E-state index < -0.39 is 0 Å². The highest BCUT2D eigenvalue weighted by atomic mass is 32.2. The monoisotopic (exact) mass is 474 g/mol. The number of nitrogens with one attached hydrogen (secondary N) is 2. The zero-order valence-electron chi connectivity index (χ0n) is 19.6. The quantitative estimate of drug-likeness (QED) is 0.699. The third kappa shape index (κ3) is 3.84. The number of hydrazine groups is 1. The van der Waals surface area contributed by atoms with E-state index in [1.54, 1.807) is 11.8 Å². The van der Waals surface area contributed by atoms with Gasteiger partial charge in [0, 0.05) is 36.8 Å². The lowest BCUT2D eigenvalue weighted by Crippen LogP contribution is -2.54. The highest BCUT2D eigenvalue weighted by Gasteiger charge is 2.44. The highest BCUT2D eigenvalue weighted by Crippen LogP contribution is 2.36. The molecule has 0 aromatic heterocycles. The van der Waals surface area contributed by atoms with E-state index in [4.69, 9.17) is 0 Å². The van der Waals surface area contributed by atoms with Gasteiger partial charge in [-0.2, -0.15) is 5.10 Å². The lowest BCUT2D eigenvalue weighted by Gasteiger charge is -2.36. The first-order valence-corrected chi connectivity index (χ1v) is 13.0. The first-order valence-electron chi connectivity index (χ1n) is 12.0. The van der Waals surface area contributed by atoms with Gasteiger partial charge in [0.1, 0.15) is 6.17 Å². The molecule has 2 fully saturated rings. The van der Waals surface area contributed by atoms with E-state index in [1.165, 1.54) is 22.3 Å². The lowest BCUT2D eigenvalue weighted by atomic mass is 9.97. The van der Waals surface area contributed by atoms with Gasteiger partial charge < -0.3 is 14.8 Å². The second kappa shape index (κ2) is 8.67. The third-order valence-corrected chi connectivity index (χ3v) is 8.37. The molecular formula is C26H30N6OS. The Morgan fingerprint density at radius 1 is 1.09 bits per heavy atom. The van der Waals surface area contributed by atoms with Crippen molar-refractivity contribution in [1.29, 1.82) is 0 Å². The van der Waals surface area contributed by atoms with Crippen molar-refractivity contribution in [3.05, 3.63) is 77.1 Å². The summed E-state index contributed by atoms with van der Waals surface area (Å²) in [6.07, 6.45) is 7.00. The Hall–Kier alpha value is -2.97. The number of anilines is 1. The van der Waals surface area contributed by atoms with Gasteiger partial charge in [0.05, 0.1) is 12.1 Å². The number of thioether (sulfide) groups is 1. The molecule has 34 heavy (non-hydrogen) atoms. The van der Waals surface area contributed by atoms with E-state index >= 15 is 0 Å². The lowest BCUT2D eigenvalue weighted by molar-refractivity contribution is -0.117. The molecule has 6 rings (SSSR count). The zero-order valence-corrected chi connectivity index (χ0v) is 20.4. The van der Waals surface area contributed by atoms with E-state index in [2.05, 4.69) is 94.6 Å². The number of nitrogens with zero attached hydrogens (tertiary/aromatic N) is 4. The Morgan fingerprint density at radius 2 is 1.94 bits per heavy atom. The van der Waals surface area contributed by atoms with Gasteiger partial charge in [-0.3, -0.25) is 10.2 Å². The predicted molar refractivity (Wildman–Crippen MR) is 137 cm³/mol. The minimum atomic E-state index is 0.125. The number of carbonyl (C=O) groups is 1. The molecule has 3 atom stereocenters. The molecule has 0 bridgehead atoms. The van der Waals surface area contributed by atoms with Gasteiger partial charge >= 0.3 is 0 Å². The molecule has 176 valence electrons. The summed E-state index contributed by atoms with van der Waals surface area (Å²) in [5, 5.41) is 7.89. The average molecular weight is 475 g/mol. The number of benzene rings is 2. The third-order valence-electron chi connectivity index (χ3n) is 7.33. The Bertz CT molecular complexity index is 1160. The molecule has 2 N–H and O–H groups in total. The van der Waals surface area contributed by atoms with Crippen molar-refractivity contribution >= 4 is 28.5 Å². The van der Waals surface area contributed by atoms with Crippen molar-refractivity contribution in [2.24, 2.45) is 5.10 Å². The summed E-state index contributed by atoms with van der Waals surface area (Å²) >= 11 is 1.74. The summed E-state index contributed by atoms with van der Waals surface area (Å²) in [7, 11) is 0. The van der Waals surface area contributed by atoms with E-state index in [0.29, 0.717) is 18.5 Å². The van der Waals surface area contributed by atoms with Crippen LogP contribution in [0.2, 0.25) is 0 Å². The Morgan fingerprint density at radius 3 is 2.71 bits per heavy atom. The first kappa shape index (κ1) is 21.6. The molecular weight excluding hydrogens is 444 g/mol. The maximum Gasteiger partial charge on any atom is 0.227 e. The fourth-order valence-corrected chi connectivity index (χ4v) is 6.12.